The molecule has 2 nitrogen and oxygen atoms in total. The van der Waals surface area contributed by atoms with E-state index in [0.29, 0.717) is 0 Å². The number of rotatable bonds is 12. The van der Waals surface area contributed by atoms with Crippen molar-refractivity contribution in [2.45, 2.75) is 73.6 Å². The topological polar surface area (TPSA) is 18.5 Å². The molecule has 0 aliphatic rings. The molecule has 29 heavy (non-hydrogen) atoms. The molecule has 0 atom stereocenters. The molecule has 0 saturated heterocycles. The summed E-state index contributed by atoms with van der Waals surface area (Å²) in [5.41, 5.74) is 2.83. The van der Waals surface area contributed by atoms with E-state index in [1.165, 1.54) is 11.1 Å². The zero-order valence-corrected chi connectivity index (χ0v) is 22.9. The summed E-state index contributed by atoms with van der Waals surface area (Å²) in [5.74, 6) is 0. The molecule has 160 valence electrons. The fourth-order valence-corrected chi connectivity index (χ4v) is 21.7. The second-order valence-electron chi connectivity index (χ2n) is 9.46. The molecule has 0 unspecified atom stereocenters. The monoisotopic (exact) mass is 564 g/mol. The Kier molecular flexibility index (Phi) is 9.31. The first-order chi connectivity index (χ1) is 13.7. The molecule has 0 radical (unpaired) electrons. The van der Waals surface area contributed by atoms with Gasteiger partial charge in [0.15, 0.2) is 0 Å². The molecule has 0 saturated carbocycles. The van der Waals surface area contributed by atoms with Crippen molar-refractivity contribution in [2.75, 3.05) is 13.2 Å². The molecule has 0 heterocycles. The number of hydrogen-bond acceptors (Lipinski definition) is 2. The molecule has 0 N–H and O–H groups in total. The molecule has 0 bridgehead atoms. The Balaban J connectivity index is 2.40. The summed E-state index contributed by atoms with van der Waals surface area (Å²) in [4.78, 5) is 0. The first-order valence-corrected chi connectivity index (χ1v) is 19.1. The average Bonchev–Trinajstić information content (AvgIpc) is 2.71. The molecule has 0 aromatic heterocycles. The van der Waals surface area contributed by atoms with Gasteiger partial charge in [-0.15, -0.1) is 0 Å². The second kappa shape index (κ2) is 11.0. The third-order valence-electron chi connectivity index (χ3n) is 5.67. The molecule has 0 aliphatic carbocycles. The van der Waals surface area contributed by atoms with Crippen molar-refractivity contribution in [1.82, 2.24) is 0 Å². The van der Waals surface area contributed by atoms with E-state index >= 15 is 0 Å². The molecule has 3 heteroatoms. The van der Waals surface area contributed by atoms with Crippen LogP contribution in [0.25, 0.3) is 0 Å². The van der Waals surface area contributed by atoms with Gasteiger partial charge in [-0.2, -0.15) is 0 Å². The van der Waals surface area contributed by atoms with Crippen molar-refractivity contribution in [3.05, 3.63) is 71.8 Å². The third-order valence-corrected chi connectivity index (χ3v) is 21.1. The van der Waals surface area contributed by atoms with Gasteiger partial charge in [-0.3, -0.25) is 0 Å². The fraction of sp³-hybridized carbons (Fsp3) is 0.538. The molecule has 0 fully saturated rings. The van der Waals surface area contributed by atoms with E-state index in [-0.39, 0.29) is 10.8 Å². The van der Waals surface area contributed by atoms with E-state index in [0.717, 1.165) is 34.4 Å². The van der Waals surface area contributed by atoms with E-state index in [4.69, 9.17) is 5.71 Å². The van der Waals surface area contributed by atoms with Gasteiger partial charge in [-0.25, -0.2) is 0 Å². The summed E-state index contributed by atoms with van der Waals surface area (Å²) < 4.78 is 15.7. The van der Waals surface area contributed by atoms with Crippen LogP contribution in [0.2, 0.25) is 8.35 Å². The van der Waals surface area contributed by atoms with Gasteiger partial charge in [-0.05, 0) is 0 Å². The van der Waals surface area contributed by atoms with Gasteiger partial charge >= 0.3 is 185 Å². The van der Waals surface area contributed by atoms with E-state index < -0.39 is 20.8 Å². The molecule has 0 aliphatic heterocycles. The van der Waals surface area contributed by atoms with Crippen LogP contribution in [0.1, 0.15) is 65.5 Å². The zero-order valence-electron chi connectivity index (χ0n) is 19.3. The number of hydrogen-bond donors (Lipinski definition) is 0. The molecule has 2 aromatic carbocycles. The van der Waals surface area contributed by atoms with Gasteiger partial charge in [0.05, 0.1) is 0 Å². The van der Waals surface area contributed by atoms with Crippen molar-refractivity contribution in [3.8, 4) is 0 Å². The fourth-order valence-electron chi connectivity index (χ4n) is 4.21. The summed E-state index contributed by atoms with van der Waals surface area (Å²) >= 11 is -3.59. The summed E-state index contributed by atoms with van der Waals surface area (Å²) in [5, 5.41) is 0. The van der Waals surface area contributed by atoms with Crippen LogP contribution < -0.4 is 0 Å². The van der Waals surface area contributed by atoms with Crippen LogP contribution in [-0.4, -0.2) is 13.2 Å². The van der Waals surface area contributed by atoms with E-state index in [1.54, 1.807) is 0 Å². The van der Waals surface area contributed by atoms with Crippen LogP contribution in [0.5, 0.6) is 0 Å². The Morgan fingerprint density at radius 2 is 0.966 bits per heavy atom. The van der Waals surface area contributed by atoms with Gasteiger partial charge in [0.25, 0.3) is 0 Å². The molecular formula is C26H40HfO2. The van der Waals surface area contributed by atoms with E-state index in [9.17, 15) is 0 Å². The molecule has 2 rings (SSSR count). The third kappa shape index (κ3) is 7.15. The van der Waals surface area contributed by atoms with Crippen LogP contribution in [-0.2, 0) is 37.4 Å². The van der Waals surface area contributed by atoms with E-state index in [2.05, 4.69) is 102 Å². The Hall–Kier alpha value is -0.770. The summed E-state index contributed by atoms with van der Waals surface area (Å²) in [6.07, 6.45) is 2.07. The predicted octanol–water partition coefficient (Wildman–Crippen LogP) is 7.62. The Morgan fingerprint density at radius 1 is 0.621 bits per heavy atom. The van der Waals surface area contributed by atoms with Crippen molar-refractivity contribution in [3.63, 3.8) is 0 Å². The first kappa shape index (κ1) is 24.5. The minimum absolute atomic E-state index is 0.0388. The van der Waals surface area contributed by atoms with E-state index in [1.807, 2.05) is 0 Å². The van der Waals surface area contributed by atoms with Crippen molar-refractivity contribution in [2.24, 2.45) is 0 Å². The average molecular weight is 563 g/mol. The van der Waals surface area contributed by atoms with Gasteiger partial charge in [0.2, 0.25) is 0 Å². The predicted molar refractivity (Wildman–Crippen MR) is 121 cm³/mol. The van der Waals surface area contributed by atoms with Crippen molar-refractivity contribution >= 4 is 0 Å². The zero-order chi connectivity index (χ0) is 21.4. The van der Waals surface area contributed by atoms with Gasteiger partial charge in [-0.1, -0.05) is 0 Å². The molecule has 2 aromatic rings. The van der Waals surface area contributed by atoms with Gasteiger partial charge in [0.1, 0.15) is 0 Å². The van der Waals surface area contributed by atoms with Crippen LogP contribution in [0.15, 0.2) is 60.7 Å². The standard InChI is InChI=1S/2C10H13.2C3H7O.Hf/c2*1-10(2,3)9-7-5-4-6-8-9;2*1-2-3-4;/h2*4-8H,1H2,2-3H3;2*2-3H2,1H3;/q;;2*-1;+2. The molecule has 0 spiro atoms. The van der Waals surface area contributed by atoms with Gasteiger partial charge in [0, 0.05) is 0 Å². The van der Waals surface area contributed by atoms with Crippen LogP contribution in [0, 0.1) is 0 Å². The second-order valence-corrected chi connectivity index (χ2v) is 20.6. The van der Waals surface area contributed by atoms with Crippen LogP contribution in [0.4, 0.5) is 0 Å². The number of benzene rings is 2. The molecule has 0 amide bonds. The Bertz CT molecular complexity index is 647. The summed E-state index contributed by atoms with van der Waals surface area (Å²) in [6, 6.07) is 21.8. The molecular weight excluding hydrogens is 523 g/mol. The maximum atomic E-state index is 6.80. The Morgan fingerprint density at radius 3 is 1.28 bits per heavy atom. The van der Waals surface area contributed by atoms with Gasteiger partial charge < -0.3 is 0 Å². The SMILES string of the molecule is CCC[O][Hf]([CH2]C(C)(C)c1ccccc1)([CH2]C(C)(C)c1ccccc1)[O]CCC. The summed E-state index contributed by atoms with van der Waals surface area (Å²) in [6.45, 7) is 15.4. The van der Waals surface area contributed by atoms with Crippen LogP contribution in [0.3, 0.4) is 0 Å². The van der Waals surface area contributed by atoms with Crippen molar-refractivity contribution in [1.29, 1.82) is 0 Å². The quantitative estimate of drug-likeness (QED) is 0.248. The Labute approximate surface area is 184 Å². The van der Waals surface area contributed by atoms with Crippen molar-refractivity contribution < 1.29 is 26.6 Å². The summed E-state index contributed by atoms with van der Waals surface area (Å²) in [7, 11) is 0. The maximum absolute atomic E-state index is 6.80. The first-order valence-electron chi connectivity index (χ1n) is 11.1. The van der Waals surface area contributed by atoms with Crippen LogP contribution >= 0.6 is 0 Å². The normalized spacial score (nSPS) is 12.9. The minimum atomic E-state index is -3.59.